The number of para-hydroxylation sites is 1. The number of aromatic nitrogens is 2. The molecular formula is C19H12Cl2FN3O. The zero-order valence-electron chi connectivity index (χ0n) is 13.6. The quantitative estimate of drug-likeness (QED) is 0.398. The molecular weight excluding hydrogens is 376 g/mol. The number of hydrogen-bond donors (Lipinski definition) is 0. The summed E-state index contributed by atoms with van der Waals surface area (Å²) in [6.07, 6.45) is 1.57. The summed E-state index contributed by atoms with van der Waals surface area (Å²) in [7, 11) is 1.76. The maximum absolute atomic E-state index is 15.5. The zero-order chi connectivity index (χ0) is 18.3. The van der Waals surface area contributed by atoms with Crippen LogP contribution < -0.4 is 4.90 Å². The van der Waals surface area contributed by atoms with Gasteiger partial charge in [-0.25, -0.2) is 14.4 Å². The van der Waals surface area contributed by atoms with Gasteiger partial charge in [-0.15, -0.1) is 0 Å². The second kappa shape index (κ2) is 6.59. The molecule has 0 radical (unpaired) electrons. The van der Waals surface area contributed by atoms with Gasteiger partial charge in [0.15, 0.2) is 16.8 Å². The molecule has 0 aliphatic rings. The van der Waals surface area contributed by atoms with E-state index in [-0.39, 0.29) is 16.7 Å². The van der Waals surface area contributed by atoms with Crippen molar-refractivity contribution in [2.45, 2.75) is 0 Å². The number of hydrogen-bond acceptors (Lipinski definition) is 4. The van der Waals surface area contributed by atoms with E-state index in [2.05, 4.69) is 9.97 Å². The number of benzene rings is 1. The van der Waals surface area contributed by atoms with Crippen LogP contribution in [0, 0.1) is 5.82 Å². The number of fused-ring (bicyclic) bond motifs is 1. The predicted molar refractivity (Wildman–Crippen MR) is 102 cm³/mol. The molecule has 0 aliphatic carbocycles. The summed E-state index contributed by atoms with van der Waals surface area (Å²) in [6, 6.07) is 13.9. The first-order valence-corrected chi connectivity index (χ1v) is 8.49. The third-order valence-corrected chi connectivity index (χ3v) is 4.46. The van der Waals surface area contributed by atoms with Crippen LogP contribution in [-0.2, 0) is 0 Å². The van der Waals surface area contributed by atoms with Crippen LogP contribution in [0.5, 0.6) is 0 Å². The smallest absolute Gasteiger partial charge is 0.194 e. The Labute approximate surface area is 158 Å². The molecule has 3 aromatic heterocycles. The van der Waals surface area contributed by atoms with E-state index in [4.69, 9.17) is 27.6 Å². The van der Waals surface area contributed by atoms with E-state index in [0.717, 1.165) is 0 Å². The van der Waals surface area contributed by atoms with Gasteiger partial charge in [-0.2, -0.15) is 0 Å². The molecule has 0 spiro atoms. The van der Waals surface area contributed by atoms with Gasteiger partial charge in [0.25, 0.3) is 0 Å². The fraction of sp³-hybridized carbons (Fsp3) is 0.0526. The number of furan rings is 1. The second-order valence-electron chi connectivity index (χ2n) is 5.64. The number of rotatable bonds is 3. The van der Waals surface area contributed by atoms with Crippen molar-refractivity contribution < 1.29 is 8.81 Å². The van der Waals surface area contributed by atoms with Gasteiger partial charge < -0.3 is 9.32 Å². The molecule has 0 N–H and O–H groups in total. The van der Waals surface area contributed by atoms with Crippen LogP contribution in [0.15, 0.2) is 59.1 Å². The molecule has 4 nitrogen and oxygen atoms in total. The van der Waals surface area contributed by atoms with Crippen LogP contribution in [0.25, 0.3) is 22.4 Å². The van der Waals surface area contributed by atoms with E-state index in [1.54, 1.807) is 42.4 Å². The van der Waals surface area contributed by atoms with Gasteiger partial charge in [-0.05, 0) is 41.9 Å². The fourth-order valence-electron chi connectivity index (χ4n) is 2.83. The summed E-state index contributed by atoms with van der Waals surface area (Å²) >= 11 is 11.8. The van der Waals surface area contributed by atoms with Crippen molar-refractivity contribution >= 4 is 45.5 Å². The molecule has 4 rings (SSSR count). The maximum Gasteiger partial charge on any atom is 0.194 e. The number of anilines is 2. The largest absolute Gasteiger partial charge is 0.443 e. The van der Waals surface area contributed by atoms with E-state index >= 15 is 4.39 Å². The molecule has 0 atom stereocenters. The van der Waals surface area contributed by atoms with Crippen LogP contribution in [0.4, 0.5) is 15.8 Å². The molecule has 0 aliphatic heterocycles. The Morgan fingerprint density at radius 1 is 1.08 bits per heavy atom. The van der Waals surface area contributed by atoms with Crippen molar-refractivity contribution in [1.29, 1.82) is 0 Å². The van der Waals surface area contributed by atoms with Gasteiger partial charge in [-0.1, -0.05) is 29.8 Å². The van der Waals surface area contributed by atoms with Gasteiger partial charge in [0, 0.05) is 24.3 Å². The Morgan fingerprint density at radius 2 is 1.88 bits per heavy atom. The number of halogens is 3. The molecule has 3 heterocycles. The lowest BCUT2D eigenvalue weighted by molar-refractivity contribution is 0.567. The lowest BCUT2D eigenvalue weighted by Crippen LogP contribution is -2.13. The van der Waals surface area contributed by atoms with Crippen molar-refractivity contribution in [2.24, 2.45) is 0 Å². The molecule has 0 bridgehead atoms. The highest BCUT2D eigenvalue weighted by Gasteiger charge is 2.22. The van der Waals surface area contributed by atoms with Crippen molar-refractivity contribution in [3.63, 3.8) is 0 Å². The molecule has 1 aromatic carbocycles. The molecule has 7 heteroatoms. The second-order valence-corrected chi connectivity index (χ2v) is 6.40. The molecule has 0 fully saturated rings. The molecule has 0 saturated carbocycles. The highest BCUT2D eigenvalue weighted by molar-refractivity contribution is 6.29. The molecule has 0 saturated heterocycles. The summed E-state index contributed by atoms with van der Waals surface area (Å²) in [5, 5.41) is 1.16. The average Bonchev–Trinajstić information content (AvgIpc) is 3.07. The molecule has 130 valence electrons. The third kappa shape index (κ3) is 2.89. The molecule has 4 aromatic rings. The first-order valence-electron chi connectivity index (χ1n) is 7.74. The first-order chi connectivity index (χ1) is 12.5. The number of pyridine rings is 2. The van der Waals surface area contributed by atoms with Crippen LogP contribution in [0.2, 0.25) is 10.4 Å². The Kier molecular flexibility index (Phi) is 4.26. The van der Waals surface area contributed by atoms with Crippen molar-refractivity contribution in [3.8, 4) is 11.5 Å². The fourth-order valence-corrected chi connectivity index (χ4v) is 3.15. The maximum atomic E-state index is 15.5. The Hall–Kier alpha value is -2.63. The molecule has 26 heavy (non-hydrogen) atoms. The third-order valence-electron chi connectivity index (χ3n) is 4.05. The number of nitrogens with zero attached hydrogens (tertiary/aromatic N) is 3. The van der Waals surface area contributed by atoms with Crippen molar-refractivity contribution in [2.75, 3.05) is 11.9 Å². The van der Waals surface area contributed by atoms with E-state index in [0.29, 0.717) is 27.4 Å². The first kappa shape index (κ1) is 16.8. The normalized spacial score (nSPS) is 11.1. The summed E-state index contributed by atoms with van der Waals surface area (Å²) in [5.41, 5.74) is 1.79. The van der Waals surface area contributed by atoms with Gasteiger partial charge in [0.05, 0.1) is 11.2 Å². The van der Waals surface area contributed by atoms with E-state index < -0.39 is 5.82 Å². The monoisotopic (exact) mass is 387 g/mol. The van der Waals surface area contributed by atoms with E-state index in [9.17, 15) is 0 Å². The zero-order valence-corrected chi connectivity index (χ0v) is 15.1. The predicted octanol–water partition coefficient (Wildman–Crippen LogP) is 6.10. The summed E-state index contributed by atoms with van der Waals surface area (Å²) in [4.78, 5) is 10.1. The Morgan fingerprint density at radius 3 is 2.62 bits per heavy atom. The average molecular weight is 388 g/mol. The highest BCUT2D eigenvalue weighted by Crippen LogP contribution is 2.38. The van der Waals surface area contributed by atoms with Crippen LogP contribution in [-0.4, -0.2) is 17.0 Å². The van der Waals surface area contributed by atoms with Crippen molar-refractivity contribution in [1.82, 2.24) is 9.97 Å². The molecule has 0 unspecified atom stereocenters. The van der Waals surface area contributed by atoms with Gasteiger partial charge in [0.2, 0.25) is 0 Å². The van der Waals surface area contributed by atoms with Gasteiger partial charge >= 0.3 is 0 Å². The Balaban J connectivity index is 1.99. The van der Waals surface area contributed by atoms with E-state index in [1.807, 2.05) is 24.3 Å². The van der Waals surface area contributed by atoms with Crippen LogP contribution in [0.3, 0.4) is 0 Å². The molecule has 0 amide bonds. The van der Waals surface area contributed by atoms with Gasteiger partial charge in [0.1, 0.15) is 10.8 Å². The van der Waals surface area contributed by atoms with Gasteiger partial charge in [-0.3, -0.25) is 0 Å². The lowest BCUT2D eigenvalue weighted by Gasteiger charge is -2.22. The SMILES string of the molecule is CN(c1ccnc(Cl)c1)c1c(F)c(-c2ccc(Cl)o2)nc2ccccc12. The topological polar surface area (TPSA) is 42.2 Å². The summed E-state index contributed by atoms with van der Waals surface area (Å²) in [5.74, 6) is -0.245. The van der Waals surface area contributed by atoms with Crippen LogP contribution >= 0.6 is 23.2 Å². The summed E-state index contributed by atoms with van der Waals surface area (Å²) < 4.78 is 20.9. The summed E-state index contributed by atoms with van der Waals surface area (Å²) in [6.45, 7) is 0. The highest BCUT2D eigenvalue weighted by atomic mass is 35.5. The minimum Gasteiger partial charge on any atom is -0.443 e. The standard InChI is InChI=1S/C19H12Cl2FN3O/c1-25(11-8-9-23-15(20)10-11)19-12-4-2-3-5-13(12)24-18(17(19)22)14-6-7-16(21)26-14/h2-10H,1H3. The minimum atomic E-state index is -0.509. The minimum absolute atomic E-state index is 0.0950. The van der Waals surface area contributed by atoms with Crippen LogP contribution in [0.1, 0.15) is 0 Å². The lowest BCUT2D eigenvalue weighted by atomic mass is 10.1. The van der Waals surface area contributed by atoms with Crippen molar-refractivity contribution in [3.05, 3.63) is 70.9 Å². The van der Waals surface area contributed by atoms with E-state index in [1.165, 1.54) is 0 Å². The Bertz CT molecular complexity index is 1110.